The fraction of sp³-hybridized carbons (Fsp3) is 0.300. The van der Waals surface area contributed by atoms with Crippen molar-refractivity contribution < 1.29 is 14.3 Å². The van der Waals surface area contributed by atoms with Crippen LogP contribution >= 0.6 is 0 Å². The summed E-state index contributed by atoms with van der Waals surface area (Å²) in [6.45, 7) is 3.03. The van der Waals surface area contributed by atoms with E-state index in [1.54, 1.807) is 19.1 Å². The van der Waals surface area contributed by atoms with E-state index in [1.165, 1.54) is 6.92 Å². The second kappa shape index (κ2) is 4.50. The zero-order valence-electron chi connectivity index (χ0n) is 7.69. The molecule has 70 valence electrons. The van der Waals surface area contributed by atoms with E-state index in [1.807, 2.05) is 18.2 Å². The molecular weight excluding hydrogens is 168 g/mol. The van der Waals surface area contributed by atoms with Crippen LogP contribution in [-0.2, 0) is 9.53 Å². The Labute approximate surface area is 77.3 Å². The fourth-order valence-electron chi connectivity index (χ4n) is 0.948. The normalized spacial score (nSPS) is 11.8. The molecule has 0 aliphatic heterocycles. The standard InChI is InChI=1S/C10H12O3/c1-8(11)12-9(2)13-10-6-4-3-5-7-10/h3-7,9H,1-2H3. The lowest BCUT2D eigenvalue weighted by atomic mass is 10.3. The molecule has 0 saturated carbocycles. The van der Waals surface area contributed by atoms with Crippen molar-refractivity contribution in [1.82, 2.24) is 0 Å². The summed E-state index contributed by atoms with van der Waals surface area (Å²) in [5.74, 6) is 0.347. The van der Waals surface area contributed by atoms with Crippen molar-refractivity contribution in [1.29, 1.82) is 0 Å². The maximum absolute atomic E-state index is 10.5. The first-order valence-corrected chi connectivity index (χ1v) is 4.07. The molecule has 1 aromatic carbocycles. The highest BCUT2D eigenvalue weighted by molar-refractivity contribution is 5.66. The summed E-state index contributed by atoms with van der Waals surface area (Å²) >= 11 is 0. The Morgan fingerprint density at radius 2 is 1.92 bits per heavy atom. The molecule has 0 saturated heterocycles. The van der Waals surface area contributed by atoms with Crippen molar-refractivity contribution in [3.8, 4) is 5.75 Å². The largest absolute Gasteiger partial charge is 0.455 e. The van der Waals surface area contributed by atoms with Gasteiger partial charge in [0.15, 0.2) is 0 Å². The Bertz CT molecular complexity index is 269. The third kappa shape index (κ3) is 3.60. The van der Waals surface area contributed by atoms with E-state index in [0.717, 1.165) is 0 Å². The average Bonchev–Trinajstić information content (AvgIpc) is 2.04. The van der Waals surface area contributed by atoms with Gasteiger partial charge in [0, 0.05) is 13.8 Å². The van der Waals surface area contributed by atoms with Gasteiger partial charge in [0.25, 0.3) is 0 Å². The summed E-state index contributed by atoms with van der Waals surface area (Å²) in [4.78, 5) is 10.5. The van der Waals surface area contributed by atoms with Crippen molar-refractivity contribution in [3.63, 3.8) is 0 Å². The summed E-state index contributed by atoms with van der Waals surface area (Å²) in [5, 5.41) is 0. The number of esters is 1. The van der Waals surface area contributed by atoms with E-state index in [4.69, 9.17) is 9.47 Å². The molecule has 3 heteroatoms. The van der Waals surface area contributed by atoms with Crippen molar-refractivity contribution in [2.45, 2.75) is 20.1 Å². The lowest BCUT2D eigenvalue weighted by molar-refractivity contribution is -0.158. The van der Waals surface area contributed by atoms with Gasteiger partial charge in [-0.05, 0) is 12.1 Å². The van der Waals surface area contributed by atoms with Crippen LogP contribution in [0, 0.1) is 0 Å². The lowest BCUT2D eigenvalue weighted by Crippen LogP contribution is -2.18. The van der Waals surface area contributed by atoms with E-state index in [2.05, 4.69) is 0 Å². The average molecular weight is 180 g/mol. The van der Waals surface area contributed by atoms with Gasteiger partial charge in [-0.3, -0.25) is 4.79 Å². The van der Waals surface area contributed by atoms with Gasteiger partial charge >= 0.3 is 5.97 Å². The third-order valence-electron chi connectivity index (χ3n) is 1.38. The molecule has 1 unspecified atom stereocenters. The molecule has 13 heavy (non-hydrogen) atoms. The van der Waals surface area contributed by atoms with Crippen LogP contribution in [0.3, 0.4) is 0 Å². The molecule has 0 aliphatic carbocycles. The number of para-hydroxylation sites is 1. The smallest absolute Gasteiger partial charge is 0.305 e. The number of ether oxygens (including phenoxy) is 2. The molecule has 0 fully saturated rings. The van der Waals surface area contributed by atoms with Gasteiger partial charge in [0.2, 0.25) is 6.29 Å². The number of hydrogen-bond acceptors (Lipinski definition) is 3. The van der Waals surface area contributed by atoms with Crippen molar-refractivity contribution >= 4 is 5.97 Å². The molecule has 1 atom stereocenters. The Kier molecular flexibility index (Phi) is 3.31. The SMILES string of the molecule is CC(=O)OC(C)Oc1ccccc1. The maximum Gasteiger partial charge on any atom is 0.305 e. The molecule has 0 heterocycles. The molecule has 0 aliphatic rings. The van der Waals surface area contributed by atoms with Gasteiger partial charge in [0.05, 0.1) is 0 Å². The van der Waals surface area contributed by atoms with Crippen LogP contribution in [0.2, 0.25) is 0 Å². The second-order valence-electron chi connectivity index (χ2n) is 2.61. The number of carbonyl (C=O) groups excluding carboxylic acids is 1. The molecular formula is C10H12O3. The van der Waals surface area contributed by atoms with Crippen LogP contribution < -0.4 is 4.74 Å². The van der Waals surface area contributed by atoms with Gasteiger partial charge in [-0.25, -0.2) is 0 Å². The minimum absolute atomic E-state index is 0.344. The van der Waals surface area contributed by atoms with Crippen LogP contribution in [0.15, 0.2) is 30.3 Å². The quantitative estimate of drug-likeness (QED) is 0.527. The first-order chi connectivity index (χ1) is 6.18. The van der Waals surface area contributed by atoms with Crippen molar-refractivity contribution in [3.05, 3.63) is 30.3 Å². The summed E-state index contributed by atoms with van der Waals surface area (Å²) < 4.78 is 10.1. The van der Waals surface area contributed by atoms with Crippen LogP contribution in [-0.4, -0.2) is 12.3 Å². The first-order valence-electron chi connectivity index (χ1n) is 4.07. The number of benzene rings is 1. The summed E-state index contributed by atoms with van der Waals surface area (Å²) in [6.07, 6.45) is -0.542. The number of carbonyl (C=O) groups is 1. The lowest BCUT2D eigenvalue weighted by Gasteiger charge is -2.13. The first kappa shape index (κ1) is 9.58. The number of rotatable bonds is 3. The van der Waals surface area contributed by atoms with Gasteiger partial charge in [-0.2, -0.15) is 0 Å². The van der Waals surface area contributed by atoms with Crippen LogP contribution in [0.1, 0.15) is 13.8 Å². The van der Waals surface area contributed by atoms with Gasteiger partial charge in [-0.15, -0.1) is 0 Å². The Morgan fingerprint density at radius 1 is 1.31 bits per heavy atom. The van der Waals surface area contributed by atoms with Gasteiger partial charge in [-0.1, -0.05) is 18.2 Å². The summed E-state index contributed by atoms with van der Waals surface area (Å²) in [6, 6.07) is 9.22. The molecule has 0 radical (unpaired) electrons. The van der Waals surface area contributed by atoms with Gasteiger partial charge in [0.1, 0.15) is 5.75 Å². The van der Waals surface area contributed by atoms with Crippen LogP contribution in [0.5, 0.6) is 5.75 Å². The van der Waals surface area contributed by atoms with Crippen molar-refractivity contribution in [2.75, 3.05) is 0 Å². The van der Waals surface area contributed by atoms with Crippen LogP contribution in [0.25, 0.3) is 0 Å². The Balaban J connectivity index is 2.45. The van der Waals surface area contributed by atoms with E-state index in [0.29, 0.717) is 5.75 Å². The van der Waals surface area contributed by atoms with Crippen LogP contribution in [0.4, 0.5) is 0 Å². The molecule has 0 amide bonds. The van der Waals surface area contributed by atoms with Gasteiger partial charge < -0.3 is 9.47 Å². The van der Waals surface area contributed by atoms with E-state index in [9.17, 15) is 4.79 Å². The summed E-state index contributed by atoms with van der Waals surface area (Å²) in [7, 11) is 0. The predicted octanol–water partition coefficient (Wildman–Crippen LogP) is 1.97. The molecule has 0 spiro atoms. The third-order valence-corrected chi connectivity index (χ3v) is 1.38. The molecule has 1 aromatic rings. The van der Waals surface area contributed by atoms with Crippen molar-refractivity contribution in [2.24, 2.45) is 0 Å². The monoisotopic (exact) mass is 180 g/mol. The zero-order valence-corrected chi connectivity index (χ0v) is 7.69. The summed E-state index contributed by atoms with van der Waals surface area (Å²) in [5.41, 5.74) is 0. The van der Waals surface area contributed by atoms with E-state index < -0.39 is 6.29 Å². The highest BCUT2D eigenvalue weighted by Crippen LogP contribution is 2.10. The zero-order chi connectivity index (χ0) is 9.68. The molecule has 0 bridgehead atoms. The fourth-order valence-corrected chi connectivity index (χ4v) is 0.948. The molecule has 0 N–H and O–H groups in total. The molecule has 3 nitrogen and oxygen atoms in total. The predicted molar refractivity (Wildman–Crippen MR) is 48.3 cm³/mol. The Morgan fingerprint density at radius 3 is 2.46 bits per heavy atom. The maximum atomic E-state index is 10.5. The highest BCUT2D eigenvalue weighted by Gasteiger charge is 2.05. The second-order valence-corrected chi connectivity index (χ2v) is 2.61. The minimum atomic E-state index is -0.542. The Hall–Kier alpha value is -1.51. The number of hydrogen-bond donors (Lipinski definition) is 0. The van der Waals surface area contributed by atoms with E-state index in [-0.39, 0.29) is 5.97 Å². The molecule has 0 aromatic heterocycles. The minimum Gasteiger partial charge on any atom is -0.455 e. The van der Waals surface area contributed by atoms with E-state index >= 15 is 0 Å². The topological polar surface area (TPSA) is 35.5 Å². The highest BCUT2D eigenvalue weighted by atomic mass is 16.7. The molecule has 1 rings (SSSR count).